The van der Waals surface area contributed by atoms with Crippen LogP contribution < -0.4 is 15.4 Å². The van der Waals surface area contributed by atoms with Crippen molar-refractivity contribution in [2.45, 2.75) is 26.5 Å². The van der Waals surface area contributed by atoms with E-state index in [1.807, 2.05) is 61.5 Å². The third-order valence-corrected chi connectivity index (χ3v) is 4.59. The van der Waals surface area contributed by atoms with Gasteiger partial charge in [-0.25, -0.2) is 9.59 Å². The van der Waals surface area contributed by atoms with Gasteiger partial charge >= 0.3 is 12.0 Å². The molecule has 1 aliphatic heterocycles. The summed E-state index contributed by atoms with van der Waals surface area (Å²) in [5, 5.41) is 5.44. The molecule has 7 nitrogen and oxygen atoms in total. The smallest absolute Gasteiger partial charge is 0.338 e. The topological polar surface area (TPSA) is 85.9 Å². The predicted molar refractivity (Wildman–Crippen MR) is 112 cm³/mol. The third-order valence-electron chi connectivity index (χ3n) is 4.59. The van der Waals surface area contributed by atoms with Crippen LogP contribution in [-0.2, 0) is 20.9 Å². The summed E-state index contributed by atoms with van der Waals surface area (Å²) >= 11 is 0. The van der Waals surface area contributed by atoms with Gasteiger partial charge < -0.3 is 24.8 Å². The van der Waals surface area contributed by atoms with Crippen LogP contribution in [0.4, 0.5) is 4.79 Å². The van der Waals surface area contributed by atoms with E-state index in [4.69, 9.17) is 14.2 Å². The largest absolute Gasteiger partial charge is 0.489 e. The lowest BCUT2D eigenvalue weighted by atomic mass is 9.95. The Bertz CT molecular complexity index is 911. The molecule has 1 heterocycles. The summed E-state index contributed by atoms with van der Waals surface area (Å²) in [6.07, 6.45) is 0. The fourth-order valence-electron chi connectivity index (χ4n) is 3.15. The summed E-state index contributed by atoms with van der Waals surface area (Å²) in [6, 6.07) is 16.1. The van der Waals surface area contributed by atoms with E-state index in [0.29, 0.717) is 36.8 Å². The van der Waals surface area contributed by atoms with Gasteiger partial charge in [0.25, 0.3) is 0 Å². The Morgan fingerprint density at radius 1 is 1.07 bits per heavy atom. The number of carbonyl (C=O) groups is 2. The molecule has 1 atom stereocenters. The normalized spacial score (nSPS) is 15.9. The Kier molecular flexibility index (Phi) is 7.45. The molecule has 0 spiro atoms. The first-order valence-electron chi connectivity index (χ1n) is 9.88. The average molecular weight is 410 g/mol. The zero-order valence-electron chi connectivity index (χ0n) is 17.1. The molecule has 2 amide bonds. The molecule has 1 aliphatic rings. The third kappa shape index (κ3) is 5.61. The van der Waals surface area contributed by atoms with Crippen LogP contribution in [0.15, 0.2) is 65.9 Å². The van der Waals surface area contributed by atoms with E-state index in [9.17, 15) is 9.59 Å². The molecule has 2 aromatic carbocycles. The second kappa shape index (κ2) is 10.5. The van der Waals surface area contributed by atoms with Gasteiger partial charge in [-0.3, -0.25) is 0 Å². The molecule has 2 aromatic rings. The summed E-state index contributed by atoms with van der Waals surface area (Å²) in [6.45, 7) is 4.99. The SMILES string of the molecule is CCOCCOC(=O)C1=C(C)NC(=O)N[C@@H]1c1cccc(OCc2ccccc2)c1. The van der Waals surface area contributed by atoms with Crippen molar-refractivity contribution >= 4 is 12.0 Å². The number of amides is 2. The number of esters is 1. The molecule has 0 saturated carbocycles. The number of ether oxygens (including phenoxy) is 3. The van der Waals surface area contributed by atoms with Crippen LogP contribution in [-0.4, -0.2) is 31.8 Å². The zero-order chi connectivity index (χ0) is 21.3. The lowest BCUT2D eigenvalue weighted by molar-refractivity contribution is -0.141. The summed E-state index contributed by atoms with van der Waals surface area (Å²) in [5.41, 5.74) is 2.59. The first-order chi connectivity index (χ1) is 14.6. The average Bonchev–Trinajstić information content (AvgIpc) is 2.75. The molecule has 0 aliphatic carbocycles. The van der Waals surface area contributed by atoms with Crippen molar-refractivity contribution in [1.29, 1.82) is 0 Å². The summed E-state index contributed by atoms with van der Waals surface area (Å²) in [5.74, 6) is 0.145. The predicted octanol–water partition coefficient (Wildman–Crippen LogP) is 3.47. The lowest BCUT2D eigenvalue weighted by Crippen LogP contribution is -2.45. The minimum Gasteiger partial charge on any atom is -0.489 e. The van der Waals surface area contributed by atoms with Gasteiger partial charge in [0, 0.05) is 12.3 Å². The fourth-order valence-corrected chi connectivity index (χ4v) is 3.15. The monoisotopic (exact) mass is 410 g/mol. The van der Waals surface area contributed by atoms with Crippen LogP contribution in [0.2, 0.25) is 0 Å². The molecular weight excluding hydrogens is 384 g/mol. The van der Waals surface area contributed by atoms with Crippen molar-refractivity contribution in [3.05, 3.63) is 77.0 Å². The summed E-state index contributed by atoms with van der Waals surface area (Å²) in [7, 11) is 0. The Morgan fingerprint density at radius 2 is 1.87 bits per heavy atom. The van der Waals surface area contributed by atoms with E-state index < -0.39 is 12.0 Å². The van der Waals surface area contributed by atoms with E-state index in [1.54, 1.807) is 6.92 Å². The Morgan fingerprint density at radius 3 is 2.63 bits per heavy atom. The number of benzene rings is 2. The van der Waals surface area contributed by atoms with Crippen LogP contribution in [0.25, 0.3) is 0 Å². The minimum absolute atomic E-state index is 0.143. The molecule has 0 unspecified atom stereocenters. The molecule has 0 saturated heterocycles. The highest BCUT2D eigenvalue weighted by atomic mass is 16.6. The highest BCUT2D eigenvalue weighted by molar-refractivity contribution is 5.95. The number of hydrogen-bond acceptors (Lipinski definition) is 5. The quantitative estimate of drug-likeness (QED) is 0.488. The van der Waals surface area contributed by atoms with Crippen LogP contribution in [0, 0.1) is 0 Å². The van der Waals surface area contributed by atoms with Crippen molar-refractivity contribution in [2.24, 2.45) is 0 Å². The highest BCUT2D eigenvalue weighted by Gasteiger charge is 2.32. The van der Waals surface area contributed by atoms with Gasteiger partial charge in [-0.1, -0.05) is 42.5 Å². The highest BCUT2D eigenvalue weighted by Crippen LogP contribution is 2.30. The molecule has 0 radical (unpaired) electrons. The van der Waals surface area contributed by atoms with Gasteiger partial charge in [0.15, 0.2) is 0 Å². The Hall–Kier alpha value is -3.32. The molecule has 0 aromatic heterocycles. The standard InChI is InChI=1S/C23H26N2O5/c1-3-28-12-13-29-22(26)20-16(2)24-23(27)25-21(20)18-10-7-11-19(14-18)30-15-17-8-5-4-6-9-17/h4-11,14,21H,3,12-13,15H2,1-2H3,(H2,24,25,27)/t21-/m1/s1. The minimum atomic E-state index is -0.640. The molecule has 7 heteroatoms. The maximum atomic E-state index is 12.7. The summed E-state index contributed by atoms with van der Waals surface area (Å²) < 4.78 is 16.4. The Labute approximate surface area is 176 Å². The molecular formula is C23H26N2O5. The van der Waals surface area contributed by atoms with E-state index in [-0.39, 0.29) is 12.6 Å². The van der Waals surface area contributed by atoms with E-state index in [2.05, 4.69) is 10.6 Å². The van der Waals surface area contributed by atoms with Crippen LogP contribution in [0.5, 0.6) is 5.75 Å². The van der Waals surface area contributed by atoms with Crippen molar-refractivity contribution in [3.8, 4) is 5.75 Å². The van der Waals surface area contributed by atoms with Crippen LogP contribution in [0.1, 0.15) is 31.0 Å². The molecule has 2 N–H and O–H groups in total. The molecule has 3 rings (SSSR count). The number of urea groups is 1. The van der Waals surface area contributed by atoms with Gasteiger partial charge in [-0.2, -0.15) is 0 Å². The van der Waals surface area contributed by atoms with E-state index >= 15 is 0 Å². The van der Waals surface area contributed by atoms with E-state index in [1.165, 1.54) is 0 Å². The molecule has 30 heavy (non-hydrogen) atoms. The molecule has 158 valence electrons. The first kappa shape index (κ1) is 21.4. The van der Waals surface area contributed by atoms with Crippen LogP contribution in [0.3, 0.4) is 0 Å². The molecule has 0 fully saturated rings. The number of hydrogen-bond donors (Lipinski definition) is 2. The zero-order valence-corrected chi connectivity index (χ0v) is 17.1. The van der Waals surface area contributed by atoms with Gasteiger partial charge in [0.05, 0.1) is 18.2 Å². The maximum absolute atomic E-state index is 12.7. The second-order valence-corrected chi connectivity index (χ2v) is 6.75. The lowest BCUT2D eigenvalue weighted by Gasteiger charge is -2.28. The fraction of sp³-hybridized carbons (Fsp3) is 0.304. The van der Waals surface area contributed by atoms with Crippen molar-refractivity contribution in [3.63, 3.8) is 0 Å². The Balaban J connectivity index is 1.76. The van der Waals surface area contributed by atoms with Gasteiger partial charge in [0.2, 0.25) is 0 Å². The molecule has 0 bridgehead atoms. The number of nitrogens with one attached hydrogen (secondary N) is 2. The number of carbonyl (C=O) groups excluding carboxylic acids is 2. The summed E-state index contributed by atoms with van der Waals surface area (Å²) in [4.78, 5) is 24.8. The van der Waals surface area contributed by atoms with Crippen molar-refractivity contribution in [2.75, 3.05) is 19.8 Å². The number of rotatable bonds is 9. The van der Waals surface area contributed by atoms with Gasteiger partial charge in [-0.05, 0) is 37.1 Å². The van der Waals surface area contributed by atoms with Gasteiger partial charge in [-0.15, -0.1) is 0 Å². The van der Waals surface area contributed by atoms with Crippen molar-refractivity contribution in [1.82, 2.24) is 10.6 Å². The second-order valence-electron chi connectivity index (χ2n) is 6.75. The van der Waals surface area contributed by atoms with Crippen LogP contribution >= 0.6 is 0 Å². The van der Waals surface area contributed by atoms with E-state index in [0.717, 1.165) is 11.1 Å². The first-order valence-corrected chi connectivity index (χ1v) is 9.88. The number of allylic oxidation sites excluding steroid dienone is 1. The maximum Gasteiger partial charge on any atom is 0.338 e. The van der Waals surface area contributed by atoms with Gasteiger partial charge in [0.1, 0.15) is 19.0 Å². The van der Waals surface area contributed by atoms with Crippen molar-refractivity contribution < 1.29 is 23.8 Å².